The lowest BCUT2D eigenvalue weighted by molar-refractivity contribution is -0.126. The van der Waals surface area contributed by atoms with E-state index in [1.807, 2.05) is 24.0 Å². The van der Waals surface area contributed by atoms with Crippen LogP contribution in [0.1, 0.15) is 57.2 Å². The van der Waals surface area contributed by atoms with Crippen molar-refractivity contribution in [3.63, 3.8) is 0 Å². The van der Waals surface area contributed by atoms with Crippen molar-refractivity contribution >= 4 is 11.9 Å². The molecule has 0 aromatic heterocycles. The van der Waals surface area contributed by atoms with Gasteiger partial charge in [-0.3, -0.25) is 4.79 Å². The van der Waals surface area contributed by atoms with Gasteiger partial charge in [0.1, 0.15) is 5.75 Å². The van der Waals surface area contributed by atoms with Crippen LogP contribution in [0.15, 0.2) is 18.2 Å². The van der Waals surface area contributed by atoms with Crippen molar-refractivity contribution in [1.82, 2.24) is 20.4 Å². The van der Waals surface area contributed by atoms with E-state index in [1.165, 1.54) is 5.56 Å². The molecule has 1 aromatic carbocycles. The summed E-state index contributed by atoms with van der Waals surface area (Å²) in [6, 6.07) is 6.02. The molecule has 3 amide bonds. The van der Waals surface area contributed by atoms with Gasteiger partial charge in [-0.1, -0.05) is 19.9 Å². The predicted octanol–water partition coefficient (Wildman–Crippen LogP) is 2.95. The van der Waals surface area contributed by atoms with E-state index in [2.05, 4.69) is 35.4 Å². The van der Waals surface area contributed by atoms with Crippen LogP contribution in [-0.4, -0.2) is 67.6 Å². The first kappa shape index (κ1) is 23.4. The van der Waals surface area contributed by atoms with Crippen LogP contribution in [0.4, 0.5) is 4.79 Å². The molecule has 0 spiro atoms. The van der Waals surface area contributed by atoms with Gasteiger partial charge in [-0.15, -0.1) is 0 Å². The number of nitrogens with zero attached hydrogens (tertiary/aromatic N) is 2. The van der Waals surface area contributed by atoms with Crippen LogP contribution in [0.3, 0.4) is 0 Å². The molecule has 2 heterocycles. The number of carbonyl (C=O) groups excluding carboxylic acids is 2. The SMILES string of the molecule is CCN(CC)CCCNC(=O)C1CCN(C(=O)NC(C)c2ccc3c(c2)CCO3)CC1. The molecule has 31 heavy (non-hydrogen) atoms. The van der Waals surface area contributed by atoms with Crippen LogP contribution in [0, 0.1) is 5.92 Å². The second kappa shape index (κ2) is 11.4. The van der Waals surface area contributed by atoms with E-state index >= 15 is 0 Å². The molecule has 1 atom stereocenters. The summed E-state index contributed by atoms with van der Waals surface area (Å²) >= 11 is 0. The van der Waals surface area contributed by atoms with Crippen LogP contribution in [0.5, 0.6) is 5.75 Å². The van der Waals surface area contributed by atoms with Crippen molar-refractivity contribution in [2.45, 2.75) is 52.5 Å². The zero-order valence-electron chi connectivity index (χ0n) is 19.3. The minimum Gasteiger partial charge on any atom is -0.493 e. The Morgan fingerprint density at radius 2 is 1.97 bits per heavy atom. The molecule has 7 heteroatoms. The summed E-state index contributed by atoms with van der Waals surface area (Å²) in [4.78, 5) is 29.4. The van der Waals surface area contributed by atoms with Gasteiger partial charge in [0.2, 0.25) is 5.91 Å². The second-order valence-electron chi connectivity index (χ2n) is 8.57. The van der Waals surface area contributed by atoms with Gasteiger partial charge in [0.25, 0.3) is 0 Å². The summed E-state index contributed by atoms with van der Waals surface area (Å²) in [5.41, 5.74) is 2.30. The third kappa shape index (κ3) is 6.35. The fourth-order valence-corrected chi connectivity index (χ4v) is 4.38. The molecule has 0 saturated carbocycles. The summed E-state index contributed by atoms with van der Waals surface area (Å²) in [5.74, 6) is 1.09. The summed E-state index contributed by atoms with van der Waals surface area (Å²) in [6.07, 6.45) is 3.34. The fraction of sp³-hybridized carbons (Fsp3) is 0.667. The molecule has 0 aliphatic carbocycles. The van der Waals surface area contributed by atoms with Gasteiger partial charge >= 0.3 is 6.03 Å². The summed E-state index contributed by atoms with van der Waals surface area (Å²) in [6.45, 7) is 12.1. The third-order valence-electron chi connectivity index (χ3n) is 6.55. The Hall–Kier alpha value is -2.28. The summed E-state index contributed by atoms with van der Waals surface area (Å²) < 4.78 is 5.56. The highest BCUT2D eigenvalue weighted by Crippen LogP contribution is 2.28. The molecule has 7 nitrogen and oxygen atoms in total. The van der Waals surface area contributed by atoms with Crippen LogP contribution in [0.25, 0.3) is 0 Å². The van der Waals surface area contributed by atoms with E-state index in [1.54, 1.807) is 0 Å². The maximum Gasteiger partial charge on any atom is 0.317 e. The number of carbonyl (C=O) groups is 2. The smallest absolute Gasteiger partial charge is 0.317 e. The van der Waals surface area contributed by atoms with Gasteiger partial charge in [-0.05, 0) is 69.1 Å². The number of hydrogen-bond donors (Lipinski definition) is 2. The lowest BCUT2D eigenvalue weighted by Crippen LogP contribution is -2.47. The molecule has 1 saturated heterocycles. The Balaban J connectivity index is 1.37. The van der Waals surface area contributed by atoms with Gasteiger partial charge in [0.15, 0.2) is 0 Å². The average Bonchev–Trinajstić information content (AvgIpc) is 3.27. The Morgan fingerprint density at radius 1 is 1.23 bits per heavy atom. The summed E-state index contributed by atoms with van der Waals surface area (Å²) in [7, 11) is 0. The molecule has 0 bridgehead atoms. The normalized spacial score (nSPS) is 17.2. The number of ether oxygens (including phenoxy) is 1. The van der Waals surface area contributed by atoms with Crippen LogP contribution in [0.2, 0.25) is 0 Å². The highest BCUT2D eigenvalue weighted by atomic mass is 16.5. The minimum atomic E-state index is -0.0646. The van der Waals surface area contributed by atoms with Gasteiger partial charge in [-0.2, -0.15) is 0 Å². The van der Waals surface area contributed by atoms with Gasteiger partial charge in [0.05, 0.1) is 12.6 Å². The molecule has 1 unspecified atom stereocenters. The van der Waals surface area contributed by atoms with Gasteiger partial charge < -0.3 is 25.2 Å². The lowest BCUT2D eigenvalue weighted by atomic mass is 9.96. The highest BCUT2D eigenvalue weighted by molar-refractivity contribution is 5.79. The third-order valence-corrected chi connectivity index (χ3v) is 6.55. The van der Waals surface area contributed by atoms with Crippen molar-refractivity contribution in [3.8, 4) is 5.75 Å². The number of nitrogens with one attached hydrogen (secondary N) is 2. The molecule has 2 aliphatic rings. The van der Waals surface area contributed by atoms with E-state index in [-0.39, 0.29) is 23.9 Å². The van der Waals surface area contributed by atoms with Crippen molar-refractivity contribution in [1.29, 1.82) is 0 Å². The van der Waals surface area contributed by atoms with Crippen LogP contribution < -0.4 is 15.4 Å². The Bertz CT molecular complexity index is 742. The number of hydrogen-bond acceptors (Lipinski definition) is 4. The van der Waals surface area contributed by atoms with E-state index in [4.69, 9.17) is 4.74 Å². The Kier molecular flexibility index (Phi) is 8.58. The number of urea groups is 1. The Morgan fingerprint density at radius 3 is 2.68 bits per heavy atom. The van der Waals surface area contributed by atoms with E-state index in [0.29, 0.717) is 13.1 Å². The van der Waals surface area contributed by atoms with Crippen molar-refractivity contribution in [2.75, 3.05) is 45.9 Å². The van der Waals surface area contributed by atoms with Crippen molar-refractivity contribution < 1.29 is 14.3 Å². The lowest BCUT2D eigenvalue weighted by Gasteiger charge is -2.32. The van der Waals surface area contributed by atoms with E-state index in [9.17, 15) is 9.59 Å². The van der Waals surface area contributed by atoms with Gasteiger partial charge in [-0.25, -0.2) is 4.79 Å². The molecule has 2 aliphatic heterocycles. The minimum absolute atomic E-state index is 0.00615. The van der Waals surface area contributed by atoms with Crippen molar-refractivity contribution in [2.24, 2.45) is 5.92 Å². The topological polar surface area (TPSA) is 73.9 Å². The van der Waals surface area contributed by atoms with Crippen LogP contribution >= 0.6 is 0 Å². The second-order valence-corrected chi connectivity index (χ2v) is 8.57. The molecular weight excluding hydrogens is 392 g/mol. The fourth-order valence-electron chi connectivity index (χ4n) is 4.38. The number of piperidine rings is 1. The van der Waals surface area contributed by atoms with Crippen molar-refractivity contribution in [3.05, 3.63) is 29.3 Å². The molecular formula is C24H38N4O3. The number of likely N-dealkylation sites (tertiary alicyclic amines) is 1. The molecule has 1 aromatic rings. The largest absolute Gasteiger partial charge is 0.493 e. The highest BCUT2D eigenvalue weighted by Gasteiger charge is 2.28. The zero-order valence-corrected chi connectivity index (χ0v) is 19.3. The average molecular weight is 431 g/mol. The first-order valence-corrected chi connectivity index (χ1v) is 11.8. The molecule has 3 rings (SSSR count). The number of fused-ring (bicyclic) bond motifs is 1. The summed E-state index contributed by atoms with van der Waals surface area (Å²) in [5, 5.41) is 6.18. The number of amides is 3. The zero-order chi connectivity index (χ0) is 22.2. The number of benzene rings is 1. The van der Waals surface area contributed by atoms with Crippen LogP contribution in [-0.2, 0) is 11.2 Å². The Labute approximate surface area is 186 Å². The van der Waals surface area contributed by atoms with Gasteiger partial charge in [0, 0.05) is 32.0 Å². The maximum atomic E-state index is 12.7. The first-order chi connectivity index (χ1) is 15.0. The predicted molar refractivity (Wildman–Crippen MR) is 122 cm³/mol. The standard InChI is InChI=1S/C24H38N4O3/c1-4-27(5-2)13-6-12-25-23(29)19-9-14-28(15-10-19)24(30)26-18(3)20-7-8-22-21(17-20)11-16-31-22/h7-8,17-19H,4-6,9-16H2,1-3H3,(H,25,29)(H,26,30). The molecule has 1 fully saturated rings. The van der Waals surface area contributed by atoms with E-state index in [0.717, 1.165) is 69.8 Å². The monoisotopic (exact) mass is 430 g/mol. The molecule has 0 radical (unpaired) electrons. The quantitative estimate of drug-likeness (QED) is 0.591. The first-order valence-electron chi connectivity index (χ1n) is 11.8. The number of rotatable bonds is 9. The molecule has 2 N–H and O–H groups in total. The molecule has 172 valence electrons. The van der Waals surface area contributed by atoms with E-state index < -0.39 is 0 Å². The maximum absolute atomic E-state index is 12.7.